The highest BCUT2D eigenvalue weighted by Gasteiger charge is 2.61. The molecule has 0 bridgehead atoms. The number of hydrogen-bond donors (Lipinski definition) is 0. The van der Waals surface area contributed by atoms with E-state index in [9.17, 15) is 4.79 Å². The van der Waals surface area contributed by atoms with Crippen molar-refractivity contribution < 1.29 is 9.53 Å². The number of carbonyl (C=O) groups is 1. The molecule has 1 aliphatic heterocycles. The molecular formula is C22H34N2O2. The van der Waals surface area contributed by atoms with Gasteiger partial charge in [-0.3, -0.25) is 4.79 Å². The zero-order valence-corrected chi connectivity index (χ0v) is 16.5. The number of nitrogens with zero attached hydrogens (tertiary/aromatic N) is 2. The van der Waals surface area contributed by atoms with Crippen LogP contribution >= 0.6 is 0 Å². The van der Waals surface area contributed by atoms with Gasteiger partial charge in [-0.1, -0.05) is 24.3 Å². The Morgan fingerprint density at radius 3 is 2.62 bits per heavy atom. The fourth-order valence-electron chi connectivity index (χ4n) is 5.11. The molecule has 2 spiro atoms. The Bertz CT molecular complexity index is 585. The van der Waals surface area contributed by atoms with Crippen LogP contribution < -0.4 is 0 Å². The summed E-state index contributed by atoms with van der Waals surface area (Å²) in [4.78, 5) is 17.2. The monoisotopic (exact) mass is 358 g/mol. The molecule has 26 heavy (non-hydrogen) atoms. The molecule has 0 aromatic rings. The van der Waals surface area contributed by atoms with Gasteiger partial charge in [-0.2, -0.15) is 0 Å². The lowest BCUT2D eigenvalue weighted by Gasteiger charge is -2.50. The van der Waals surface area contributed by atoms with E-state index in [1.54, 1.807) is 0 Å². The van der Waals surface area contributed by atoms with Crippen molar-refractivity contribution in [1.29, 1.82) is 0 Å². The minimum atomic E-state index is -0.437. The van der Waals surface area contributed by atoms with E-state index in [1.807, 2.05) is 0 Å². The second kappa shape index (κ2) is 7.12. The van der Waals surface area contributed by atoms with Crippen molar-refractivity contribution >= 4 is 5.91 Å². The van der Waals surface area contributed by atoms with E-state index in [2.05, 4.69) is 48.1 Å². The van der Waals surface area contributed by atoms with Crippen LogP contribution in [0, 0.1) is 5.92 Å². The second-order valence-corrected chi connectivity index (χ2v) is 8.91. The van der Waals surface area contributed by atoms with Crippen LogP contribution in [0.15, 0.2) is 24.3 Å². The van der Waals surface area contributed by atoms with E-state index in [-0.39, 0.29) is 11.5 Å². The van der Waals surface area contributed by atoms with Crippen LogP contribution in [-0.4, -0.2) is 59.6 Å². The molecule has 3 fully saturated rings. The van der Waals surface area contributed by atoms with E-state index in [1.165, 1.54) is 32.2 Å². The molecule has 0 aromatic heterocycles. The zero-order valence-electron chi connectivity index (χ0n) is 16.5. The number of rotatable bonds is 5. The highest BCUT2D eigenvalue weighted by Crippen LogP contribution is 2.51. The SMILES string of the molecule is CCN1CC2(CCC(N(C)CCC3C=CC=CC3)CC2)OC2(CC2)C1=O. The summed E-state index contributed by atoms with van der Waals surface area (Å²) in [6, 6.07) is 0.662. The number of ether oxygens (including phenoxy) is 1. The van der Waals surface area contributed by atoms with Gasteiger partial charge in [0, 0.05) is 19.1 Å². The van der Waals surface area contributed by atoms with E-state index in [4.69, 9.17) is 4.74 Å². The average molecular weight is 359 g/mol. The molecule has 144 valence electrons. The fourth-order valence-corrected chi connectivity index (χ4v) is 5.11. The summed E-state index contributed by atoms with van der Waals surface area (Å²) in [5.41, 5.74) is -0.511. The Morgan fingerprint density at radius 1 is 1.23 bits per heavy atom. The first kappa shape index (κ1) is 18.2. The average Bonchev–Trinajstić information content (AvgIpc) is 3.44. The van der Waals surface area contributed by atoms with E-state index < -0.39 is 5.60 Å². The molecule has 1 amide bonds. The molecule has 1 heterocycles. The summed E-state index contributed by atoms with van der Waals surface area (Å²) in [5.74, 6) is 0.956. The first-order valence-corrected chi connectivity index (χ1v) is 10.6. The van der Waals surface area contributed by atoms with Crippen molar-refractivity contribution in [1.82, 2.24) is 9.80 Å². The third kappa shape index (κ3) is 3.50. The Balaban J connectivity index is 1.30. The highest BCUT2D eigenvalue weighted by atomic mass is 16.5. The summed E-state index contributed by atoms with van der Waals surface area (Å²) in [5, 5.41) is 0. The van der Waals surface area contributed by atoms with Crippen molar-refractivity contribution in [3.8, 4) is 0 Å². The predicted octanol–water partition coefficient (Wildman–Crippen LogP) is 3.53. The molecule has 4 heteroatoms. The quantitative estimate of drug-likeness (QED) is 0.754. The zero-order chi connectivity index (χ0) is 18.2. The molecule has 0 aromatic carbocycles. The summed E-state index contributed by atoms with van der Waals surface area (Å²) in [6.45, 7) is 4.89. The summed E-state index contributed by atoms with van der Waals surface area (Å²) < 4.78 is 6.51. The Morgan fingerprint density at radius 2 is 2.00 bits per heavy atom. The standard InChI is InChI=1S/C22H34N2O2/c1-3-24-17-21(26-22(14-15-22)20(24)25)12-9-19(10-13-21)23(2)16-11-18-7-5-4-6-8-18/h4-7,18-19H,3,8-17H2,1-2H3. The summed E-state index contributed by atoms with van der Waals surface area (Å²) >= 11 is 0. The molecule has 0 N–H and O–H groups in total. The van der Waals surface area contributed by atoms with Crippen LogP contribution in [0.3, 0.4) is 0 Å². The molecule has 4 nitrogen and oxygen atoms in total. The number of likely N-dealkylation sites (N-methyl/N-ethyl adjacent to an activating group) is 1. The first-order valence-electron chi connectivity index (χ1n) is 10.6. The molecule has 2 saturated carbocycles. The van der Waals surface area contributed by atoms with E-state index in [0.717, 1.165) is 38.8 Å². The topological polar surface area (TPSA) is 32.8 Å². The van der Waals surface area contributed by atoms with E-state index >= 15 is 0 Å². The predicted molar refractivity (Wildman–Crippen MR) is 104 cm³/mol. The van der Waals surface area contributed by atoms with Gasteiger partial charge in [-0.15, -0.1) is 0 Å². The largest absolute Gasteiger partial charge is 0.357 e. The van der Waals surface area contributed by atoms with Gasteiger partial charge in [0.15, 0.2) is 0 Å². The third-order valence-electron chi connectivity index (χ3n) is 7.07. The Labute approximate surface area is 158 Å². The van der Waals surface area contributed by atoms with Gasteiger partial charge < -0.3 is 14.5 Å². The van der Waals surface area contributed by atoms with Crippen LogP contribution in [0.1, 0.15) is 58.3 Å². The van der Waals surface area contributed by atoms with E-state index in [0.29, 0.717) is 12.0 Å². The molecule has 0 radical (unpaired) electrons. The van der Waals surface area contributed by atoms with Crippen molar-refractivity contribution in [2.24, 2.45) is 5.92 Å². The second-order valence-electron chi connectivity index (χ2n) is 8.91. The van der Waals surface area contributed by atoms with Gasteiger partial charge in [-0.05, 0) is 77.8 Å². The molecule has 1 unspecified atom stereocenters. The van der Waals surface area contributed by atoms with Crippen LogP contribution in [-0.2, 0) is 9.53 Å². The fraction of sp³-hybridized carbons (Fsp3) is 0.773. The first-order chi connectivity index (χ1) is 12.6. The number of amides is 1. The van der Waals surface area contributed by atoms with Gasteiger partial charge in [-0.25, -0.2) is 0 Å². The molecule has 3 aliphatic carbocycles. The lowest BCUT2D eigenvalue weighted by Crippen LogP contribution is -2.61. The van der Waals surface area contributed by atoms with Gasteiger partial charge in [0.05, 0.1) is 5.60 Å². The van der Waals surface area contributed by atoms with Crippen molar-refractivity contribution in [3.05, 3.63) is 24.3 Å². The minimum Gasteiger partial charge on any atom is -0.357 e. The van der Waals surface area contributed by atoms with Crippen LogP contribution in [0.25, 0.3) is 0 Å². The van der Waals surface area contributed by atoms with Crippen molar-refractivity contribution in [2.45, 2.75) is 75.5 Å². The molecule has 4 rings (SSSR count). The van der Waals surface area contributed by atoms with Crippen LogP contribution in [0.5, 0.6) is 0 Å². The van der Waals surface area contributed by atoms with Gasteiger partial charge in [0.1, 0.15) is 5.60 Å². The van der Waals surface area contributed by atoms with Gasteiger partial charge >= 0.3 is 0 Å². The third-order valence-corrected chi connectivity index (χ3v) is 7.07. The Hall–Kier alpha value is -1.13. The lowest BCUT2D eigenvalue weighted by atomic mass is 9.79. The maximum absolute atomic E-state index is 12.6. The molecule has 1 saturated heterocycles. The Kier molecular flexibility index (Phi) is 5.00. The van der Waals surface area contributed by atoms with Gasteiger partial charge in [0.2, 0.25) is 0 Å². The maximum Gasteiger partial charge on any atom is 0.254 e. The summed E-state index contributed by atoms with van der Waals surface area (Å²) in [7, 11) is 2.29. The van der Waals surface area contributed by atoms with Crippen LogP contribution in [0.4, 0.5) is 0 Å². The smallest absolute Gasteiger partial charge is 0.254 e. The molecule has 1 atom stereocenters. The summed E-state index contributed by atoms with van der Waals surface area (Å²) in [6.07, 6.45) is 17.8. The molecular weight excluding hydrogens is 324 g/mol. The van der Waals surface area contributed by atoms with Gasteiger partial charge in [0.25, 0.3) is 5.91 Å². The van der Waals surface area contributed by atoms with Crippen LogP contribution in [0.2, 0.25) is 0 Å². The number of carbonyl (C=O) groups excluding carboxylic acids is 1. The van der Waals surface area contributed by atoms with Crippen molar-refractivity contribution in [2.75, 3.05) is 26.7 Å². The maximum atomic E-state index is 12.6. The lowest BCUT2D eigenvalue weighted by molar-refractivity contribution is -0.199. The minimum absolute atomic E-state index is 0.0747. The highest BCUT2D eigenvalue weighted by molar-refractivity contribution is 5.89. The van der Waals surface area contributed by atoms with Crippen molar-refractivity contribution in [3.63, 3.8) is 0 Å². The number of hydrogen-bond acceptors (Lipinski definition) is 3. The normalized spacial score (nSPS) is 35.7. The molecule has 4 aliphatic rings. The number of morpholine rings is 1. The number of allylic oxidation sites excluding steroid dienone is 4.